The van der Waals surface area contributed by atoms with E-state index in [9.17, 15) is 0 Å². The van der Waals surface area contributed by atoms with Gasteiger partial charge in [0.25, 0.3) is 0 Å². The molecule has 1 aromatic heterocycles. The molecule has 5 nitrogen and oxygen atoms in total. The third-order valence-electron chi connectivity index (χ3n) is 6.89. The Morgan fingerprint density at radius 1 is 0.771 bits per heavy atom. The van der Waals surface area contributed by atoms with Gasteiger partial charge in [-0.05, 0) is 30.3 Å². The third kappa shape index (κ3) is 5.88. The molecule has 35 heavy (non-hydrogen) atoms. The summed E-state index contributed by atoms with van der Waals surface area (Å²) < 4.78 is 6.07. The summed E-state index contributed by atoms with van der Waals surface area (Å²) in [5.74, 6) is 0.683. The molecule has 1 aliphatic heterocycles. The van der Waals surface area contributed by atoms with Crippen LogP contribution in [0.1, 0.15) is 17.2 Å². The maximum absolute atomic E-state index is 6.07. The second-order valence-electron chi connectivity index (χ2n) is 9.20. The van der Waals surface area contributed by atoms with Gasteiger partial charge >= 0.3 is 0 Å². The number of rotatable bonds is 9. The minimum atomic E-state index is 0.244. The average Bonchev–Trinajstić information content (AvgIpc) is 2.93. The van der Waals surface area contributed by atoms with Crippen molar-refractivity contribution in [3.8, 4) is 5.88 Å². The number of pyridine rings is 1. The summed E-state index contributed by atoms with van der Waals surface area (Å²) >= 11 is 0. The van der Waals surface area contributed by atoms with E-state index in [0.29, 0.717) is 18.5 Å². The summed E-state index contributed by atoms with van der Waals surface area (Å²) in [5, 5.41) is 4.57. The summed E-state index contributed by atoms with van der Waals surface area (Å²) in [6, 6.07) is 34.5. The fourth-order valence-corrected chi connectivity index (χ4v) is 4.94. The van der Waals surface area contributed by atoms with Gasteiger partial charge in [-0.25, -0.2) is 4.98 Å². The maximum atomic E-state index is 6.07. The molecule has 0 radical (unpaired) electrons. The van der Waals surface area contributed by atoms with Crippen molar-refractivity contribution < 1.29 is 4.74 Å². The van der Waals surface area contributed by atoms with E-state index in [2.05, 4.69) is 92.9 Å². The van der Waals surface area contributed by atoms with Crippen LogP contribution in [0.5, 0.6) is 5.88 Å². The van der Waals surface area contributed by atoms with Crippen molar-refractivity contribution in [3.05, 3.63) is 108 Å². The first-order valence-electron chi connectivity index (χ1n) is 12.5. The van der Waals surface area contributed by atoms with Gasteiger partial charge in [-0.15, -0.1) is 0 Å². The Morgan fingerprint density at radius 2 is 1.40 bits per heavy atom. The van der Waals surface area contributed by atoms with Crippen molar-refractivity contribution in [2.24, 2.45) is 0 Å². The Morgan fingerprint density at radius 3 is 2.06 bits per heavy atom. The number of para-hydroxylation sites is 1. The summed E-state index contributed by atoms with van der Waals surface area (Å²) in [6.45, 7) is 5.72. The molecule has 5 rings (SSSR count). The number of hydrogen-bond acceptors (Lipinski definition) is 5. The van der Waals surface area contributed by atoms with Crippen LogP contribution in [0.15, 0.2) is 97.1 Å². The van der Waals surface area contributed by atoms with Crippen LogP contribution in [-0.2, 0) is 0 Å². The molecule has 1 fully saturated rings. The van der Waals surface area contributed by atoms with Crippen molar-refractivity contribution in [2.45, 2.75) is 12.1 Å². The molecule has 3 aromatic carbocycles. The lowest BCUT2D eigenvalue weighted by atomic mass is 9.96. The molecule has 0 aliphatic carbocycles. The Balaban J connectivity index is 1.18. The number of piperazine rings is 1. The molecular formula is C30H34N4O. The number of ether oxygens (including phenoxy) is 1. The van der Waals surface area contributed by atoms with E-state index >= 15 is 0 Å². The SMILES string of the molecule is CNC(COc1ccc2ccccc2n1)CN1CCN(C(c2ccccc2)c2ccccc2)CC1. The van der Waals surface area contributed by atoms with E-state index in [1.165, 1.54) is 11.1 Å². The molecule has 1 aliphatic rings. The molecular weight excluding hydrogens is 432 g/mol. The number of nitrogens with one attached hydrogen (secondary N) is 1. The molecule has 5 heteroatoms. The lowest BCUT2D eigenvalue weighted by Crippen LogP contribution is -2.52. The van der Waals surface area contributed by atoms with Crippen molar-refractivity contribution >= 4 is 10.9 Å². The van der Waals surface area contributed by atoms with E-state index < -0.39 is 0 Å². The molecule has 0 spiro atoms. The molecule has 0 bridgehead atoms. The van der Waals surface area contributed by atoms with Gasteiger partial charge < -0.3 is 10.1 Å². The number of fused-ring (bicyclic) bond motifs is 1. The predicted molar refractivity (Wildman–Crippen MR) is 143 cm³/mol. The standard InChI is InChI=1S/C30H34N4O/c1-31-27(23-35-29-17-16-24-10-8-9-15-28(24)32-29)22-33-18-20-34(21-19-33)30(25-11-4-2-5-12-25)26-13-6-3-7-14-26/h2-17,27,30-31H,18-23H2,1H3. The van der Waals surface area contributed by atoms with Gasteiger partial charge in [0.1, 0.15) is 6.61 Å². The first-order chi connectivity index (χ1) is 17.3. The van der Waals surface area contributed by atoms with Crippen LogP contribution in [0.25, 0.3) is 10.9 Å². The van der Waals surface area contributed by atoms with Crippen LogP contribution in [-0.4, -0.2) is 67.2 Å². The summed E-state index contributed by atoms with van der Waals surface area (Å²) in [4.78, 5) is 9.80. The topological polar surface area (TPSA) is 40.6 Å². The molecule has 1 unspecified atom stereocenters. The molecule has 180 valence electrons. The molecule has 1 N–H and O–H groups in total. The summed E-state index contributed by atoms with van der Waals surface area (Å²) in [5.41, 5.74) is 3.68. The number of nitrogens with zero attached hydrogens (tertiary/aromatic N) is 3. The van der Waals surface area contributed by atoms with Gasteiger partial charge in [-0.3, -0.25) is 9.80 Å². The monoisotopic (exact) mass is 466 g/mol. The number of benzene rings is 3. The lowest BCUT2D eigenvalue weighted by molar-refractivity contribution is 0.0956. The Labute approximate surface area is 208 Å². The summed E-state index contributed by atoms with van der Waals surface area (Å²) in [7, 11) is 2.01. The van der Waals surface area contributed by atoms with E-state index in [4.69, 9.17) is 4.74 Å². The van der Waals surface area contributed by atoms with Gasteiger partial charge in [0.2, 0.25) is 5.88 Å². The molecule has 1 atom stereocenters. The van der Waals surface area contributed by atoms with E-state index in [1.807, 2.05) is 31.3 Å². The second kappa shape index (κ2) is 11.5. The van der Waals surface area contributed by atoms with Crippen molar-refractivity contribution in [2.75, 3.05) is 46.4 Å². The van der Waals surface area contributed by atoms with Gasteiger partial charge in [0.05, 0.1) is 17.6 Å². The first-order valence-corrected chi connectivity index (χ1v) is 12.5. The van der Waals surface area contributed by atoms with Crippen LogP contribution >= 0.6 is 0 Å². The average molecular weight is 467 g/mol. The number of hydrogen-bond donors (Lipinski definition) is 1. The Hall–Kier alpha value is -3.25. The zero-order chi connectivity index (χ0) is 23.9. The molecule has 1 saturated heterocycles. The van der Waals surface area contributed by atoms with Crippen LogP contribution in [0, 0.1) is 0 Å². The molecule has 0 saturated carbocycles. The quantitative estimate of drug-likeness (QED) is 0.390. The van der Waals surface area contributed by atoms with Crippen LogP contribution in [0.4, 0.5) is 0 Å². The van der Waals surface area contributed by atoms with Gasteiger partial charge in [0.15, 0.2) is 0 Å². The van der Waals surface area contributed by atoms with Crippen molar-refractivity contribution in [3.63, 3.8) is 0 Å². The first kappa shape index (κ1) is 23.5. The fourth-order valence-electron chi connectivity index (χ4n) is 4.94. The largest absolute Gasteiger partial charge is 0.476 e. The van der Waals surface area contributed by atoms with Gasteiger partial charge in [-0.1, -0.05) is 78.9 Å². The third-order valence-corrected chi connectivity index (χ3v) is 6.89. The minimum Gasteiger partial charge on any atom is -0.476 e. The van der Waals surface area contributed by atoms with Crippen LogP contribution < -0.4 is 10.1 Å². The highest BCUT2D eigenvalue weighted by atomic mass is 16.5. The van der Waals surface area contributed by atoms with E-state index in [0.717, 1.165) is 43.6 Å². The molecule has 2 heterocycles. The second-order valence-corrected chi connectivity index (χ2v) is 9.20. The zero-order valence-electron chi connectivity index (χ0n) is 20.4. The van der Waals surface area contributed by atoms with Gasteiger partial charge in [0, 0.05) is 44.2 Å². The number of likely N-dealkylation sites (N-methyl/N-ethyl adjacent to an activating group) is 1. The lowest BCUT2D eigenvalue weighted by Gasteiger charge is -2.40. The van der Waals surface area contributed by atoms with Crippen LogP contribution in [0.2, 0.25) is 0 Å². The summed E-state index contributed by atoms with van der Waals surface area (Å²) in [6.07, 6.45) is 0. The highest BCUT2D eigenvalue weighted by Crippen LogP contribution is 2.29. The normalized spacial score (nSPS) is 15.9. The maximum Gasteiger partial charge on any atom is 0.213 e. The van der Waals surface area contributed by atoms with Crippen molar-refractivity contribution in [1.29, 1.82) is 0 Å². The number of aromatic nitrogens is 1. The van der Waals surface area contributed by atoms with Crippen molar-refractivity contribution in [1.82, 2.24) is 20.1 Å². The predicted octanol–water partition coefficient (Wildman–Crippen LogP) is 4.61. The van der Waals surface area contributed by atoms with Gasteiger partial charge in [-0.2, -0.15) is 0 Å². The highest BCUT2D eigenvalue weighted by molar-refractivity contribution is 5.78. The smallest absolute Gasteiger partial charge is 0.213 e. The van der Waals surface area contributed by atoms with E-state index in [-0.39, 0.29) is 6.04 Å². The highest BCUT2D eigenvalue weighted by Gasteiger charge is 2.27. The Kier molecular flexibility index (Phi) is 7.69. The zero-order valence-corrected chi connectivity index (χ0v) is 20.4. The van der Waals surface area contributed by atoms with E-state index in [1.54, 1.807) is 0 Å². The fraction of sp³-hybridized carbons (Fsp3) is 0.300. The van der Waals surface area contributed by atoms with Crippen LogP contribution in [0.3, 0.4) is 0 Å². The minimum absolute atomic E-state index is 0.244. The Bertz CT molecular complexity index is 1150. The molecule has 0 amide bonds. The molecule has 4 aromatic rings.